The van der Waals surface area contributed by atoms with Crippen LogP contribution in [-0.4, -0.2) is 14.5 Å². The minimum atomic E-state index is 0.238. The molecule has 9 aromatic rings. The second kappa shape index (κ2) is 13.3. The average Bonchev–Trinajstić information content (AvgIpc) is 3.79. The number of rotatable bonds is 7. The first-order valence-electron chi connectivity index (χ1n) is 18.5. The molecular formula is C49H38N4O. The maximum atomic E-state index is 9.28. The van der Waals surface area contributed by atoms with Gasteiger partial charge in [-0.1, -0.05) is 119 Å². The summed E-state index contributed by atoms with van der Waals surface area (Å²) in [5.74, 6) is 1.31. The van der Waals surface area contributed by atoms with Gasteiger partial charge >= 0.3 is 0 Å². The molecule has 0 unspecified atom stereocenters. The van der Waals surface area contributed by atoms with Gasteiger partial charge in [-0.05, 0) is 99.8 Å². The first-order valence-corrected chi connectivity index (χ1v) is 18.5. The van der Waals surface area contributed by atoms with Crippen molar-refractivity contribution in [3.05, 3.63) is 162 Å². The molecule has 6 aromatic carbocycles. The Kier molecular flexibility index (Phi) is 8.17. The maximum Gasteiger partial charge on any atom is 0.227 e. The molecule has 0 aliphatic rings. The first kappa shape index (κ1) is 33.1. The molecule has 0 radical (unpaired) electrons. The van der Waals surface area contributed by atoms with Crippen LogP contribution in [-0.2, 0) is 0 Å². The maximum absolute atomic E-state index is 9.28. The molecule has 0 saturated carbocycles. The number of pyridine rings is 1. The summed E-state index contributed by atoms with van der Waals surface area (Å²) in [6.07, 6.45) is 0. The van der Waals surface area contributed by atoms with E-state index >= 15 is 0 Å². The van der Waals surface area contributed by atoms with Crippen molar-refractivity contribution in [2.75, 3.05) is 0 Å². The van der Waals surface area contributed by atoms with E-state index in [9.17, 15) is 5.26 Å². The van der Waals surface area contributed by atoms with Gasteiger partial charge in [0, 0.05) is 16.3 Å². The van der Waals surface area contributed by atoms with Crippen molar-refractivity contribution >= 4 is 33.1 Å². The van der Waals surface area contributed by atoms with Gasteiger partial charge < -0.3 is 4.42 Å². The van der Waals surface area contributed by atoms with Crippen molar-refractivity contribution < 1.29 is 4.42 Å². The van der Waals surface area contributed by atoms with Crippen LogP contribution < -0.4 is 0 Å². The van der Waals surface area contributed by atoms with Gasteiger partial charge in [-0.25, -0.2) is 9.97 Å². The smallest absolute Gasteiger partial charge is 0.227 e. The molecule has 0 aliphatic heterocycles. The zero-order valence-corrected chi connectivity index (χ0v) is 30.7. The van der Waals surface area contributed by atoms with Gasteiger partial charge in [0.15, 0.2) is 0 Å². The van der Waals surface area contributed by atoms with E-state index in [2.05, 4.69) is 154 Å². The first-order chi connectivity index (χ1) is 26.4. The highest BCUT2D eigenvalue weighted by Gasteiger charge is 2.25. The molecule has 54 heavy (non-hydrogen) atoms. The summed E-state index contributed by atoms with van der Waals surface area (Å²) in [5.41, 5.74) is 15.0. The summed E-state index contributed by atoms with van der Waals surface area (Å²) in [6.45, 7) is 9.12. The van der Waals surface area contributed by atoms with Crippen LogP contribution >= 0.6 is 0 Å². The van der Waals surface area contributed by atoms with E-state index in [0.29, 0.717) is 11.3 Å². The number of benzene rings is 6. The molecule has 3 aromatic heterocycles. The molecule has 9 rings (SSSR count). The molecule has 5 heteroatoms. The highest BCUT2D eigenvalue weighted by atomic mass is 16.3. The van der Waals surface area contributed by atoms with E-state index < -0.39 is 0 Å². The van der Waals surface area contributed by atoms with Crippen molar-refractivity contribution in [2.24, 2.45) is 0 Å². The normalized spacial score (nSPS) is 11.6. The third kappa shape index (κ3) is 5.64. The SMILES string of the molecule is CC(C)c1cc(-c2ccc(-c3ccccc3)cc2)cc(C(C)C)c1-n1c(-c2cccc3c2oc2nc(-c4ccc(C#N)cc4)ccc23)nc2ccccc21. The highest BCUT2D eigenvalue weighted by Crippen LogP contribution is 2.43. The lowest BCUT2D eigenvalue weighted by Gasteiger charge is -2.24. The molecule has 0 aliphatic carbocycles. The Morgan fingerprint density at radius 3 is 1.89 bits per heavy atom. The number of nitrogens with zero attached hydrogens (tertiary/aromatic N) is 4. The van der Waals surface area contributed by atoms with Crippen molar-refractivity contribution in [1.29, 1.82) is 5.26 Å². The molecular weight excluding hydrogens is 661 g/mol. The van der Waals surface area contributed by atoms with Gasteiger partial charge in [0.25, 0.3) is 0 Å². The van der Waals surface area contributed by atoms with Crippen LogP contribution in [0, 0.1) is 11.3 Å². The molecule has 5 nitrogen and oxygen atoms in total. The fourth-order valence-electron chi connectivity index (χ4n) is 7.64. The van der Waals surface area contributed by atoms with Gasteiger partial charge in [-0.3, -0.25) is 4.57 Å². The van der Waals surface area contributed by atoms with Crippen LogP contribution in [0.1, 0.15) is 56.2 Å². The Hall–Kier alpha value is -6.77. The van der Waals surface area contributed by atoms with Gasteiger partial charge in [-0.15, -0.1) is 0 Å². The minimum absolute atomic E-state index is 0.238. The second-order valence-electron chi connectivity index (χ2n) is 14.5. The number of imidazole rings is 1. The van der Waals surface area contributed by atoms with E-state index in [-0.39, 0.29) is 11.8 Å². The van der Waals surface area contributed by atoms with Crippen LogP contribution in [0.25, 0.3) is 83.7 Å². The summed E-state index contributed by atoms with van der Waals surface area (Å²) in [7, 11) is 0. The lowest BCUT2D eigenvalue weighted by Crippen LogP contribution is -2.09. The van der Waals surface area contributed by atoms with Gasteiger partial charge in [0.05, 0.1) is 39.6 Å². The molecule has 0 N–H and O–H groups in total. The van der Waals surface area contributed by atoms with Crippen molar-refractivity contribution in [3.8, 4) is 56.7 Å². The molecule has 0 fully saturated rings. The number of hydrogen-bond donors (Lipinski definition) is 0. The second-order valence-corrected chi connectivity index (χ2v) is 14.5. The Balaban J connectivity index is 1.24. The van der Waals surface area contributed by atoms with Crippen LogP contribution in [0.4, 0.5) is 0 Å². The third-order valence-electron chi connectivity index (χ3n) is 10.4. The van der Waals surface area contributed by atoms with Gasteiger partial charge in [-0.2, -0.15) is 5.26 Å². The summed E-state index contributed by atoms with van der Waals surface area (Å²) < 4.78 is 9.05. The summed E-state index contributed by atoms with van der Waals surface area (Å²) >= 11 is 0. The minimum Gasteiger partial charge on any atom is -0.437 e. The lowest BCUT2D eigenvalue weighted by atomic mass is 9.87. The monoisotopic (exact) mass is 698 g/mol. The lowest BCUT2D eigenvalue weighted by molar-refractivity contribution is 0.655. The molecule has 3 heterocycles. The molecule has 0 saturated heterocycles. The van der Waals surface area contributed by atoms with Crippen molar-refractivity contribution in [1.82, 2.24) is 14.5 Å². The van der Waals surface area contributed by atoms with Crippen LogP contribution in [0.5, 0.6) is 0 Å². The highest BCUT2D eigenvalue weighted by molar-refractivity contribution is 6.09. The number of furan rings is 1. The van der Waals surface area contributed by atoms with E-state index in [4.69, 9.17) is 14.4 Å². The summed E-state index contributed by atoms with van der Waals surface area (Å²) in [4.78, 5) is 10.3. The number of aromatic nitrogens is 3. The zero-order valence-electron chi connectivity index (χ0n) is 30.7. The topological polar surface area (TPSA) is 67.6 Å². The fourth-order valence-corrected chi connectivity index (χ4v) is 7.64. The Bertz CT molecular complexity index is 2840. The Labute approximate surface area is 314 Å². The number of fused-ring (bicyclic) bond motifs is 4. The Morgan fingerprint density at radius 1 is 0.574 bits per heavy atom. The number of nitriles is 1. The molecule has 0 spiro atoms. The zero-order chi connectivity index (χ0) is 36.9. The largest absolute Gasteiger partial charge is 0.437 e. The van der Waals surface area contributed by atoms with Crippen LogP contribution in [0.2, 0.25) is 0 Å². The molecule has 0 amide bonds. The quantitative estimate of drug-likeness (QED) is 0.166. The summed E-state index contributed by atoms with van der Waals surface area (Å²) in [5, 5.41) is 11.2. The fraction of sp³-hybridized carbons (Fsp3) is 0.122. The predicted octanol–water partition coefficient (Wildman–Crippen LogP) is 13.1. The van der Waals surface area contributed by atoms with Crippen LogP contribution in [0.3, 0.4) is 0 Å². The van der Waals surface area contributed by atoms with Crippen molar-refractivity contribution in [2.45, 2.75) is 39.5 Å². The van der Waals surface area contributed by atoms with E-state index in [1.165, 1.54) is 39.1 Å². The van der Waals surface area contributed by atoms with E-state index in [1.54, 1.807) is 0 Å². The summed E-state index contributed by atoms with van der Waals surface area (Å²) in [6, 6.07) is 52.6. The van der Waals surface area contributed by atoms with Crippen LogP contribution in [0.15, 0.2) is 150 Å². The Morgan fingerprint density at radius 2 is 1.20 bits per heavy atom. The van der Waals surface area contributed by atoms with Gasteiger partial charge in [0.1, 0.15) is 11.4 Å². The standard InChI is InChI=1S/C49H38N4O/c1-30(2)41-27-37(35-23-21-34(22-24-35)33-11-6-5-7-12-33)28-42(31(3)4)46(41)53-45-16-9-8-15-44(45)51-48(53)40-14-10-13-38-39-25-26-43(52-49(39)54-47(38)40)36-19-17-32(29-50)18-20-36/h5-28,30-31H,1-4H3. The molecule has 260 valence electrons. The molecule has 0 atom stereocenters. The third-order valence-corrected chi connectivity index (χ3v) is 10.4. The van der Waals surface area contributed by atoms with E-state index in [0.717, 1.165) is 50.0 Å². The average molecular weight is 699 g/mol. The van der Waals surface area contributed by atoms with Crippen molar-refractivity contribution in [3.63, 3.8) is 0 Å². The van der Waals surface area contributed by atoms with E-state index in [1.807, 2.05) is 30.3 Å². The van der Waals surface area contributed by atoms with Gasteiger partial charge in [0.2, 0.25) is 5.71 Å². The number of para-hydroxylation sites is 3. The number of hydrogen-bond acceptors (Lipinski definition) is 4. The predicted molar refractivity (Wildman–Crippen MR) is 221 cm³/mol. The molecule has 0 bridgehead atoms.